The molecule has 0 aromatic carbocycles. The SMILES string of the molecule is NC1(c2nnc3ccc(Br)cn23)CCCC1. The fourth-order valence-electron chi connectivity index (χ4n) is 2.43. The highest BCUT2D eigenvalue weighted by Gasteiger charge is 2.35. The lowest BCUT2D eigenvalue weighted by atomic mass is 9.98. The van der Waals surface area contributed by atoms with E-state index in [1.165, 1.54) is 12.8 Å². The van der Waals surface area contributed by atoms with Crippen molar-refractivity contribution >= 4 is 21.6 Å². The van der Waals surface area contributed by atoms with Crippen LogP contribution in [-0.4, -0.2) is 14.6 Å². The second-order valence-corrected chi connectivity index (χ2v) is 5.38. The molecule has 1 aliphatic carbocycles. The largest absolute Gasteiger partial charge is 0.319 e. The van der Waals surface area contributed by atoms with Gasteiger partial charge < -0.3 is 5.73 Å². The molecule has 1 fully saturated rings. The minimum Gasteiger partial charge on any atom is -0.319 e. The van der Waals surface area contributed by atoms with Gasteiger partial charge in [-0.2, -0.15) is 0 Å². The van der Waals surface area contributed by atoms with Gasteiger partial charge in [-0.05, 0) is 40.9 Å². The molecule has 1 saturated carbocycles. The fourth-order valence-corrected chi connectivity index (χ4v) is 2.77. The average molecular weight is 281 g/mol. The van der Waals surface area contributed by atoms with Gasteiger partial charge in [0.25, 0.3) is 0 Å². The van der Waals surface area contributed by atoms with Gasteiger partial charge in [0.2, 0.25) is 0 Å². The highest BCUT2D eigenvalue weighted by molar-refractivity contribution is 9.10. The number of pyridine rings is 1. The summed E-state index contributed by atoms with van der Waals surface area (Å²) in [6.45, 7) is 0. The highest BCUT2D eigenvalue weighted by Crippen LogP contribution is 2.35. The van der Waals surface area contributed by atoms with Crippen LogP contribution in [0.5, 0.6) is 0 Å². The van der Waals surface area contributed by atoms with Crippen LogP contribution in [-0.2, 0) is 5.54 Å². The third-order valence-electron chi connectivity index (χ3n) is 3.31. The Hall–Kier alpha value is -0.940. The summed E-state index contributed by atoms with van der Waals surface area (Å²) in [4.78, 5) is 0. The number of halogens is 1. The molecule has 0 aliphatic heterocycles. The summed E-state index contributed by atoms with van der Waals surface area (Å²) in [5.74, 6) is 0.890. The van der Waals surface area contributed by atoms with Crippen molar-refractivity contribution in [2.24, 2.45) is 5.73 Å². The van der Waals surface area contributed by atoms with Gasteiger partial charge >= 0.3 is 0 Å². The van der Waals surface area contributed by atoms with E-state index in [1.54, 1.807) is 0 Å². The fraction of sp³-hybridized carbons (Fsp3) is 0.455. The molecule has 0 amide bonds. The lowest BCUT2D eigenvalue weighted by Crippen LogP contribution is -2.35. The van der Waals surface area contributed by atoms with E-state index >= 15 is 0 Å². The minimum atomic E-state index is -0.291. The highest BCUT2D eigenvalue weighted by atomic mass is 79.9. The Kier molecular flexibility index (Phi) is 2.26. The molecular weight excluding hydrogens is 268 g/mol. The zero-order chi connectivity index (χ0) is 11.2. The van der Waals surface area contributed by atoms with E-state index in [0.29, 0.717) is 0 Å². The number of nitrogens with zero attached hydrogens (tertiary/aromatic N) is 3. The third kappa shape index (κ3) is 1.46. The number of hydrogen-bond donors (Lipinski definition) is 1. The quantitative estimate of drug-likeness (QED) is 0.872. The lowest BCUT2D eigenvalue weighted by Gasteiger charge is -2.20. The first kappa shape index (κ1) is 10.2. The lowest BCUT2D eigenvalue weighted by molar-refractivity contribution is 0.427. The maximum absolute atomic E-state index is 6.40. The van der Waals surface area contributed by atoms with Crippen LogP contribution >= 0.6 is 15.9 Å². The molecule has 0 unspecified atom stereocenters. The Bertz CT molecular complexity index is 528. The van der Waals surface area contributed by atoms with Crippen LogP contribution < -0.4 is 5.73 Å². The van der Waals surface area contributed by atoms with Gasteiger partial charge in [-0.15, -0.1) is 10.2 Å². The Morgan fingerprint density at radius 3 is 2.75 bits per heavy atom. The predicted molar refractivity (Wildman–Crippen MR) is 65.0 cm³/mol. The molecule has 84 valence electrons. The van der Waals surface area contributed by atoms with E-state index in [2.05, 4.69) is 26.1 Å². The van der Waals surface area contributed by atoms with Gasteiger partial charge in [0.1, 0.15) is 0 Å². The second kappa shape index (κ2) is 3.53. The van der Waals surface area contributed by atoms with Crippen molar-refractivity contribution in [2.75, 3.05) is 0 Å². The van der Waals surface area contributed by atoms with Gasteiger partial charge in [0.15, 0.2) is 11.5 Å². The number of rotatable bonds is 1. The Labute approximate surface area is 102 Å². The van der Waals surface area contributed by atoms with Crippen molar-refractivity contribution in [1.82, 2.24) is 14.6 Å². The van der Waals surface area contributed by atoms with Crippen molar-refractivity contribution < 1.29 is 0 Å². The van der Waals surface area contributed by atoms with Gasteiger partial charge in [-0.1, -0.05) is 12.8 Å². The molecule has 16 heavy (non-hydrogen) atoms. The van der Waals surface area contributed by atoms with E-state index in [-0.39, 0.29) is 5.54 Å². The molecule has 1 aliphatic rings. The van der Waals surface area contributed by atoms with Crippen LogP contribution in [0.25, 0.3) is 5.65 Å². The minimum absolute atomic E-state index is 0.291. The predicted octanol–water partition coefficient (Wildman–Crippen LogP) is 2.22. The van der Waals surface area contributed by atoms with Crippen LogP contribution in [0.15, 0.2) is 22.8 Å². The first-order valence-electron chi connectivity index (χ1n) is 5.49. The molecular formula is C11H13BrN4. The molecule has 4 nitrogen and oxygen atoms in total. The smallest absolute Gasteiger partial charge is 0.160 e. The normalized spacial score (nSPS) is 19.4. The monoisotopic (exact) mass is 280 g/mol. The van der Waals surface area contributed by atoms with E-state index in [1.807, 2.05) is 22.7 Å². The Morgan fingerprint density at radius 1 is 1.25 bits per heavy atom. The van der Waals surface area contributed by atoms with Crippen LogP contribution in [0.3, 0.4) is 0 Å². The number of fused-ring (bicyclic) bond motifs is 1. The van der Waals surface area contributed by atoms with Gasteiger partial charge in [-0.25, -0.2) is 0 Å². The van der Waals surface area contributed by atoms with Crippen molar-refractivity contribution in [1.29, 1.82) is 0 Å². The second-order valence-electron chi connectivity index (χ2n) is 4.46. The Morgan fingerprint density at radius 2 is 2.00 bits per heavy atom. The van der Waals surface area contributed by atoms with Crippen molar-refractivity contribution in [3.63, 3.8) is 0 Å². The number of hydrogen-bond acceptors (Lipinski definition) is 3. The average Bonchev–Trinajstić information content (AvgIpc) is 2.84. The molecule has 0 atom stereocenters. The van der Waals surface area contributed by atoms with Gasteiger partial charge in [0.05, 0.1) is 5.54 Å². The first-order chi connectivity index (χ1) is 7.69. The molecule has 2 aromatic heterocycles. The zero-order valence-corrected chi connectivity index (χ0v) is 10.4. The summed E-state index contributed by atoms with van der Waals surface area (Å²) in [7, 11) is 0. The summed E-state index contributed by atoms with van der Waals surface area (Å²) in [6.07, 6.45) is 6.34. The van der Waals surface area contributed by atoms with Crippen molar-refractivity contribution in [2.45, 2.75) is 31.2 Å². The topological polar surface area (TPSA) is 56.2 Å². The molecule has 2 heterocycles. The van der Waals surface area contributed by atoms with Gasteiger partial charge in [0, 0.05) is 10.7 Å². The van der Waals surface area contributed by atoms with Crippen LogP contribution in [0.4, 0.5) is 0 Å². The standard InChI is InChI=1S/C11H13BrN4/c12-8-3-4-9-14-15-10(16(9)7-8)11(13)5-1-2-6-11/h3-4,7H,1-2,5-6,13H2. The van der Waals surface area contributed by atoms with E-state index in [0.717, 1.165) is 28.8 Å². The van der Waals surface area contributed by atoms with E-state index in [9.17, 15) is 0 Å². The maximum atomic E-state index is 6.40. The third-order valence-corrected chi connectivity index (χ3v) is 3.78. The first-order valence-corrected chi connectivity index (χ1v) is 6.28. The van der Waals surface area contributed by atoms with Crippen molar-refractivity contribution in [3.8, 4) is 0 Å². The zero-order valence-electron chi connectivity index (χ0n) is 8.86. The molecule has 2 aromatic rings. The number of aromatic nitrogens is 3. The van der Waals surface area contributed by atoms with Crippen molar-refractivity contribution in [3.05, 3.63) is 28.6 Å². The van der Waals surface area contributed by atoms with Crippen LogP contribution in [0.1, 0.15) is 31.5 Å². The van der Waals surface area contributed by atoms with E-state index in [4.69, 9.17) is 5.73 Å². The van der Waals surface area contributed by atoms with Crippen LogP contribution in [0, 0.1) is 0 Å². The maximum Gasteiger partial charge on any atom is 0.160 e. The summed E-state index contributed by atoms with van der Waals surface area (Å²) >= 11 is 3.46. The molecule has 0 spiro atoms. The molecule has 0 saturated heterocycles. The molecule has 0 bridgehead atoms. The molecule has 5 heteroatoms. The van der Waals surface area contributed by atoms with E-state index < -0.39 is 0 Å². The Balaban J connectivity index is 2.19. The van der Waals surface area contributed by atoms with Crippen LogP contribution in [0.2, 0.25) is 0 Å². The molecule has 2 N–H and O–H groups in total. The number of nitrogens with two attached hydrogens (primary N) is 1. The van der Waals surface area contributed by atoms with Gasteiger partial charge in [-0.3, -0.25) is 4.40 Å². The summed E-state index contributed by atoms with van der Waals surface area (Å²) in [5, 5.41) is 8.42. The molecule has 0 radical (unpaired) electrons. The molecule has 3 rings (SSSR count). The summed E-state index contributed by atoms with van der Waals surface area (Å²) in [6, 6.07) is 3.91. The summed E-state index contributed by atoms with van der Waals surface area (Å²) < 4.78 is 3.01. The summed E-state index contributed by atoms with van der Waals surface area (Å²) in [5.41, 5.74) is 6.97.